The molecule has 6 nitrogen and oxygen atoms in total. The third-order valence-electron chi connectivity index (χ3n) is 3.37. The number of halogens is 1. The van der Waals surface area contributed by atoms with E-state index in [-0.39, 0.29) is 24.0 Å². The van der Waals surface area contributed by atoms with Gasteiger partial charge in [0.25, 0.3) is 0 Å². The van der Waals surface area contributed by atoms with Crippen LogP contribution >= 0.6 is 24.0 Å². The number of nitrogens with zero attached hydrogens (tertiary/aromatic N) is 1. The Morgan fingerprint density at radius 1 is 1.08 bits per heavy atom. The number of rotatable bonds is 13. The van der Waals surface area contributed by atoms with Crippen LogP contribution in [0.25, 0.3) is 0 Å². The lowest BCUT2D eigenvalue weighted by Crippen LogP contribution is -2.30. The van der Waals surface area contributed by atoms with Gasteiger partial charge in [0.1, 0.15) is 5.75 Å². The number of anilines is 1. The molecule has 0 unspecified atom stereocenters. The van der Waals surface area contributed by atoms with Gasteiger partial charge in [0, 0.05) is 58.2 Å². The zero-order chi connectivity index (χ0) is 18.2. The SMILES string of the molecule is CCNC(=NCCCCOCC)Nc1cccc(OCCCOC)c1.I. The van der Waals surface area contributed by atoms with Gasteiger partial charge < -0.3 is 24.8 Å². The largest absolute Gasteiger partial charge is 0.493 e. The van der Waals surface area contributed by atoms with Crippen molar-refractivity contribution in [1.29, 1.82) is 0 Å². The van der Waals surface area contributed by atoms with Gasteiger partial charge in [0.05, 0.1) is 6.61 Å². The average Bonchev–Trinajstić information content (AvgIpc) is 2.62. The van der Waals surface area contributed by atoms with E-state index >= 15 is 0 Å². The van der Waals surface area contributed by atoms with Crippen LogP contribution < -0.4 is 15.4 Å². The highest BCUT2D eigenvalue weighted by molar-refractivity contribution is 14.0. The Bertz CT molecular complexity index is 487. The molecule has 0 spiro atoms. The van der Waals surface area contributed by atoms with Gasteiger partial charge in [0.15, 0.2) is 5.96 Å². The molecule has 2 N–H and O–H groups in total. The van der Waals surface area contributed by atoms with Crippen molar-refractivity contribution in [3.8, 4) is 5.75 Å². The number of guanidine groups is 1. The lowest BCUT2D eigenvalue weighted by Gasteiger charge is -2.13. The summed E-state index contributed by atoms with van der Waals surface area (Å²) in [5, 5.41) is 6.59. The van der Waals surface area contributed by atoms with E-state index in [1.54, 1.807) is 7.11 Å². The Hall–Kier alpha value is -1.06. The van der Waals surface area contributed by atoms with Crippen LogP contribution in [0.4, 0.5) is 5.69 Å². The maximum absolute atomic E-state index is 5.73. The Morgan fingerprint density at radius 3 is 2.65 bits per heavy atom. The number of hydrogen-bond donors (Lipinski definition) is 2. The molecule has 0 atom stereocenters. The molecule has 0 aliphatic carbocycles. The summed E-state index contributed by atoms with van der Waals surface area (Å²) in [5.74, 6) is 1.63. The summed E-state index contributed by atoms with van der Waals surface area (Å²) in [6.07, 6.45) is 2.92. The van der Waals surface area contributed by atoms with Crippen molar-refractivity contribution in [2.24, 2.45) is 4.99 Å². The Labute approximate surface area is 175 Å². The molecule has 0 saturated heterocycles. The molecule has 1 aromatic rings. The Balaban J connectivity index is 0.00000625. The molecule has 7 heteroatoms. The second-order valence-electron chi connectivity index (χ2n) is 5.51. The van der Waals surface area contributed by atoms with Crippen LogP contribution in [0.2, 0.25) is 0 Å². The minimum atomic E-state index is 0. The van der Waals surface area contributed by atoms with Crippen LogP contribution in [0.1, 0.15) is 33.1 Å². The monoisotopic (exact) mass is 479 g/mol. The second kappa shape index (κ2) is 17.4. The molecule has 0 aliphatic heterocycles. The first-order valence-corrected chi connectivity index (χ1v) is 9.15. The fraction of sp³-hybridized carbons (Fsp3) is 0.632. The van der Waals surface area contributed by atoms with Gasteiger partial charge in [-0.1, -0.05) is 6.07 Å². The molecule has 1 aromatic carbocycles. The van der Waals surface area contributed by atoms with Gasteiger partial charge in [-0.05, 0) is 38.8 Å². The van der Waals surface area contributed by atoms with E-state index in [9.17, 15) is 0 Å². The summed E-state index contributed by atoms with van der Waals surface area (Å²) < 4.78 is 16.1. The van der Waals surface area contributed by atoms with Crippen LogP contribution in [0.5, 0.6) is 5.75 Å². The third-order valence-corrected chi connectivity index (χ3v) is 3.37. The van der Waals surface area contributed by atoms with Crippen molar-refractivity contribution < 1.29 is 14.2 Å². The van der Waals surface area contributed by atoms with Crippen LogP contribution in [0, 0.1) is 0 Å². The highest BCUT2D eigenvalue weighted by Crippen LogP contribution is 2.17. The van der Waals surface area contributed by atoms with E-state index in [1.165, 1.54) is 0 Å². The number of aliphatic imine (C=N–C) groups is 1. The molecule has 0 radical (unpaired) electrons. The molecule has 0 saturated carbocycles. The quantitative estimate of drug-likeness (QED) is 0.194. The first-order valence-electron chi connectivity index (χ1n) is 9.15. The molecule has 0 fully saturated rings. The van der Waals surface area contributed by atoms with Crippen molar-refractivity contribution >= 4 is 35.6 Å². The maximum atomic E-state index is 5.73. The summed E-state index contributed by atoms with van der Waals surface area (Å²) in [5.41, 5.74) is 0.957. The van der Waals surface area contributed by atoms with Crippen molar-refractivity contribution in [1.82, 2.24) is 5.32 Å². The second-order valence-corrected chi connectivity index (χ2v) is 5.51. The molecule has 150 valence electrons. The number of nitrogens with one attached hydrogen (secondary N) is 2. The van der Waals surface area contributed by atoms with Crippen LogP contribution in [0.15, 0.2) is 29.3 Å². The average molecular weight is 479 g/mol. The number of methoxy groups -OCH3 is 1. The molecule has 0 amide bonds. The van der Waals surface area contributed by atoms with E-state index < -0.39 is 0 Å². The number of hydrogen-bond acceptors (Lipinski definition) is 4. The van der Waals surface area contributed by atoms with Gasteiger partial charge in [-0.25, -0.2) is 0 Å². The van der Waals surface area contributed by atoms with Crippen LogP contribution in [-0.2, 0) is 9.47 Å². The Morgan fingerprint density at radius 2 is 1.92 bits per heavy atom. The smallest absolute Gasteiger partial charge is 0.195 e. The fourth-order valence-corrected chi connectivity index (χ4v) is 2.15. The third kappa shape index (κ3) is 12.3. The molecular formula is C19H34IN3O3. The van der Waals surface area contributed by atoms with Crippen molar-refractivity contribution in [3.05, 3.63) is 24.3 Å². The highest BCUT2D eigenvalue weighted by atomic mass is 127. The molecule has 0 heterocycles. The van der Waals surface area contributed by atoms with Gasteiger partial charge in [-0.2, -0.15) is 0 Å². The van der Waals surface area contributed by atoms with E-state index in [0.717, 1.165) is 63.0 Å². The predicted octanol–water partition coefficient (Wildman–Crippen LogP) is 3.91. The summed E-state index contributed by atoms with van der Waals surface area (Å²) in [7, 11) is 1.70. The molecule has 0 aliphatic rings. The maximum Gasteiger partial charge on any atom is 0.195 e. The summed E-state index contributed by atoms with van der Waals surface area (Å²) in [4.78, 5) is 4.60. The highest BCUT2D eigenvalue weighted by Gasteiger charge is 2.01. The topological polar surface area (TPSA) is 64.1 Å². The van der Waals surface area contributed by atoms with Gasteiger partial charge in [-0.15, -0.1) is 24.0 Å². The van der Waals surface area contributed by atoms with Gasteiger partial charge in [-0.3, -0.25) is 4.99 Å². The fourth-order valence-electron chi connectivity index (χ4n) is 2.15. The van der Waals surface area contributed by atoms with E-state index in [1.807, 2.05) is 31.2 Å². The Kier molecular flexibility index (Phi) is 16.7. The molecule has 0 bridgehead atoms. The normalized spacial score (nSPS) is 11.0. The minimum Gasteiger partial charge on any atom is -0.493 e. The van der Waals surface area contributed by atoms with Gasteiger partial charge >= 0.3 is 0 Å². The summed E-state index contributed by atoms with van der Waals surface area (Å²) >= 11 is 0. The lowest BCUT2D eigenvalue weighted by atomic mass is 10.3. The van der Waals surface area contributed by atoms with Crippen molar-refractivity contribution in [2.75, 3.05) is 51.9 Å². The summed E-state index contributed by atoms with van der Waals surface area (Å²) in [6, 6.07) is 7.91. The first kappa shape index (κ1) is 24.9. The minimum absolute atomic E-state index is 0. The lowest BCUT2D eigenvalue weighted by molar-refractivity contribution is 0.144. The summed E-state index contributed by atoms with van der Waals surface area (Å²) in [6.45, 7) is 8.59. The molecule has 0 aromatic heterocycles. The predicted molar refractivity (Wildman–Crippen MR) is 119 cm³/mol. The van der Waals surface area contributed by atoms with E-state index in [0.29, 0.717) is 13.2 Å². The zero-order valence-electron chi connectivity index (χ0n) is 16.3. The van der Waals surface area contributed by atoms with Crippen LogP contribution in [-0.4, -0.2) is 52.6 Å². The van der Waals surface area contributed by atoms with Crippen LogP contribution in [0.3, 0.4) is 0 Å². The molecule has 26 heavy (non-hydrogen) atoms. The number of ether oxygens (including phenoxy) is 3. The first-order chi connectivity index (χ1) is 12.3. The van der Waals surface area contributed by atoms with E-state index in [2.05, 4.69) is 22.5 Å². The van der Waals surface area contributed by atoms with Crippen molar-refractivity contribution in [2.45, 2.75) is 33.1 Å². The standard InChI is InChI=1S/C19H33N3O3.HI/c1-4-20-19(21-12-6-7-14-24-5-2)22-17-10-8-11-18(16-17)25-15-9-13-23-3;/h8,10-11,16H,4-7,9,12-15H2,1-3H3,(H2,20,21,22);1H. The number of benzene rings is 1. The van der Waals surface area contributed by atoms with Crippen molar-refractivity contribution in [3.63, 3.8) is 0 Å². The zero-order valence-corrected chi connectivity index (χ0v) is 18.6. The van der Waals surface area contributed by atoms with E-state index in [4.69, 9.17) is 14.2 Å². The molecular weight excluding hydrogens is 445 g/mol. The number of unbranched alkanes of at least 4 members (excludes halogenated alkanes) is 1. The van der Waals surface area contributed by atoms with Gasteiger partial charge in [0.2, 0.25) is 0 Å². The molecule has 1 rings (SSSR count).